The number of nitrogens with two attached hydrogens (primary N) is 1. The summed E-state index contributed by atoms with van der Waals surface area (Å²) >= 11 is 5.96. The number of benzene rings is 1. The van der Waals surface area contributed by atoms with Crippen LogP contribution in [0.1, 0.15) is 18.4 Å². The summed E-state index contributed by atoms with van der Waals surface area (Å²) < 4.78 is 0. The van der Waals surface area contributed by atoms with Crippen molar-refractivity contribution in [3.05, 3.63) is 28.8 Å². The molecule has 0 radical (unpaired) electrons. The molecule has 1 atom stereocenters. The average Bonchev–Trinajstić information content (AvgIpc) is 2.46. The fourth-order valence-electron chi connectivity index (χ4n) is 2.48. The highest BCUT2D eigenvalue weighted by molar-refractivity contribution is 6.31. The third-order valence-electron chi connectivity index (χ3n) is 3.46. The Morgan fingerprint density at radius 2 is 2.32 bits per heavy atom. The van der Waals surface area contributed by atoms with Crippen molar-refractivity contribution in [3.63, 3.8) is 0 Å². The number of nitrogens with zero attached hydrogens (tertiary/aromatic N) is 2. The van der Waals surface area contributed by atoms with E-state index in [1.807, 2.05) is 6.07 Å². The molecule has 0 amide bonds. The number of piperidine rings is 1. The fraction of sp³-hybridized carbons (Fsp3) is 0.462. The summed E-state index contributed by atoms with van der Waals surface area (Å²) in [6.45, 7) is 1.84. The fourth-order valence-corrected chi connectivity index (χ4v) is 2.65. The molecular formula is C13H18ClN3O2. The van der Waals surface area contributed by atoms with Crippen molar-refractivity contribution in [2.75, 3.05) is 24.6 Å². The maximum Gasteiger partial charge on any atom is 0.172 e. The largest absolute Gasteiger partial charge is 0.409 e. The highest BCUT2D eigenvalue weighted by Crippen LogP contribution is 2.28. The van der Waals surface area contributed by atoms with Crippen LogP contribution in [0.3, 0.4) is 0 Å². The van der Waals surface area contributed by atoms with Gasteiger partial charge in [-0.2, -0.15) is 0 Å². The number of anilines is 1. The van der Waals surface area contributed by atoms with Gasteiger partial charge in [0.1, 0.15) is 0 Å². The predicted molar refractivity (Wildman–Crippen MR) is 76.0 cm³/mol. The zero-order chi connectivity index (χ0) is 13.8. The van der Waals surface area contributed by atoms with E-state index in [1.54, 1.807) is 12.1 Å². The third kappa shape index (κ3) is 3.11. The van der Waals surface area contributed by atoms with Gasteiger partial charge in [0.2, 0.25) is 0 Å². The van der Waals surface area contributed by atoms with Gasteiger partial charge in [0.15, 0.2) is 5.84 Å². The Hall–Kier alpha value is -1.46. The highest BCUT2D eigenvalue weighted by Gasteiger charge is 2.22. The van der Waals surface area contributed by atoms with Crippen LogP contribution in [0.5, 0.6) is 0 Å². The van der Waals surface area contributed by atoms with Gasteiger partial charge in [0, 0.05) is 36.0 Å². The number of hydrogen-bond acceptors (Lipinski definition) is 4. The molecule has 0 aliphatic carbocycles. The van der Waals surface area contributed by atoms with Crippen LogP contribution in [0.25, 0.3) is 0 Å². The van der Waals surface area contributed by atoms with E-state index in [9.17, 15) is 5.11 Å². The lowest BCUT2D eigenvalue weighted by Crippen LogP contribution is -2.38. The van der Waals surface area contributed by atoms with Crippen LogP contribution in [0, 0.1) is 5.92 Å². The van der Waals surface area contributed by atoms with Gasteiger partial charge in [0.25, 0.3) is 0 Å². The first-order valence-corrected chi connectivity index (χ1v) is 6.66. The first kappa shape index (κ1) is 14.0. The standard InChI is InChI=1S/C13H18ClN3O2/c14-10-3-4-12(11(6-10)13(15)16-19)17-5-1-2-9(7-17)8-18/h3-4,6,9,18-19H,1-2,5,7-8H2,(H2,15,16). The van der Waals surface area contributed by atoms with E-state index < -0.39 is 0 Å². The first-order valence-electron chi connectivity index (χ1n) is 6.29. The van der Waals surface area contributed by atoms with E-state index in [1.165, 1.54) is 0 Å². The van der Waals surface area contributed by atoms with Crippen LogP contribution < -0.4 is 10.6 Å². The van der Waals surface area contributed by atoms with Gasteiger partial charge < -0.3 is 20.9 Å². The minimum Gasteiger partial charge on any atom is -0.409 e. The number of amidine groups is 1. The van der Waals surface area contributed by atoms with E-state index in [0.717, 1.165) is 31.6 Å². The smallest absolute Gasteiger partial charge is 0.172 e. The molecule has 1 aromatic rings. The van der Waals surface area contributed by atoms with Gasteiger partial charge in [0.05, 0.1) is 0 Å². The molecule has 0 aromatic heterocycles. The van der Waals surface area contributed by atoms with Crippen molar-refractivity contribution in [1.82, 2.24) is 0 Å². The Morgan fingerprint density at radius 1 is 1.53 bits per heavy atom. The summed E-state index contributed by atoms with van der Waals surface area (Å²) in [4.78, 5) is 2.15. The maximum absolute atomic E-state index is 9.29. The second-order valence-electron chi connectivity index (χ2n) is 4.78. The van der Waals surface area contributed by atoms with Crippen LogP contribution >= 0.6 is 11.6 Å². The number of oxime groups is 1. The molecule has 6 heteroatoms. The molecule has 5 nitrogen and oxygen atoms in total. The molecule has 1 aromatic carbocycles. The molecule has 0 spiro atoms. The molecule has 1 fully saturated rings. The Labute approximate surface area is 117 Å². The molecule has 19 heavy (non-hydrogen) atoms. The Morgan fingerprint density at radius 3 is 3.00 bits per heavy atom. The third-order valence-corrected chi connectivity index (χ3v) is 3.70. The molecule has 104 valence electrons. The van der Waals surface area contributed by atoms with E-state index in [2.05, 4.69) is 10.1 Å². The second-order valence-corrected chi connectivity index (χ2v) is 5.22. The lowest BCUT2D eigenvalue weighted by molar-refractivity contribution is 0.208. The van der Waals surface area contributed by atoms with Gasteiger partial charge in [-0.05, 0) is 37.0 Å². The van der Waals surface area contributed by atoms with E-state index in [0.29, 0.717) is 10.6 Å². The molecule has 1 heterocycles. The lowest BCUT2D eigenvalue weighted by atomic mass is 9.97. The predicted octanol–water partition coefficient (Wildman–Crippen LogP) is 1.64. The van der Waals surface area contributed by atoms with Crippen molar-refractivity contribution in [1.29, 1.82) is 0 Å². The highest BCUT2D eigenvalue weighted by atomic mass is 35.5. The Kier molecular flexibility index (Phi) is 4.50. The van der Waals surface area contributed by atoms with Crippen LogP contribution in [0.4, 0.5) is 5.69 Å². The Balaban J connectivity index is 2.33. The molecule has 1 aliphatic heterocycles. The van der Waals surface area contributed by atoms with Gasteiger partial charge in [-0.15, -0.1) is 0 Å². The number of aliphatic hydroxyl groups excluding tert-OH is 1. The average molecular weight is 284 g/mol. The molecule has 1 unspecified atom stereocenters. The van der Waals surface area contributed by atoms with E-state index >= 15 is 0 Å². The molecular weight excluding hydrogens is 266 g/mol. The summed E-state index contributed by atoms with van der Waals surface area (Å²) in [6.07, 6.45) is 2.04. The number of aliphatic hydroxyl groups is 1. The molecule has 0 bridgehead atoms. The molecule has 1 aliphatic rings. The van der Waals surface area contributed by atoms with Crippen molar-refractivity contribution in [2.45, 2.75) is 12.8 Å². The van der Waals surface area contributed by atoms with Crippen molar-refractivity contribution >= 4 is 23.1 Å². The zero-order valence-corrected chi connectivity index (χ0v) is 11.3. The van der Waals surface area contributed by atoms with Crippen molar-refractivity contribution < 1.29 is 10.3 Å². The SMILES string of the molecule is NC(=NO)c1cc(Cl)ccc1N1CCCC(CO)C1. The molecule has 0 saturated carbocycles. The Bertz CT molecular complexity index is 479. The van der Waals surface area contributed by atoms with Crippen molar-refractivity contribution in [2.24, 2.45) is 16.8 Å². The van der Waals surface area contributed by atoms with E-state index in [-0.39, 0.29) is 18.4 Å². The molecule has 2 rings (SSSR count). The number of rotatable bonds is 3. The van der Waals surface area contributed by atoms with Gasteiger partial charge in [-0.25, -0.2) is 0 Å². The monoisotopic (exact) mass is 283 g/mol. The summed E-state index contributed by atoms with van der Waals surface area (Å²) in [5.41, 5.74) is 7.21. The second kappa shape index (κ2) is 6.12. The van der Waals surface area contributed by atoms with Crippen molar-refractivity contribution in [3.8, 4) is 0 Å². The summed E-state index contributed by atoms with van der Waals surface area (Å²) in [6, 6.07) is 5.34. The van der Waals surface area contributed by atoms with E-state index in [4.69, 9.17) is 22.5 Å². The van der Waals surface area contributed by atoms with Crippen LogP contribution in [0.2, 0.25) is 5.02 Å². The molecule has 4 N–H and O–H groups in total. The normalized spacial score (nSPS) is 20.6. The minimum atomic E-state index is 0.0450. The van der Waals surface area contributed by atoms with Gasteiger partial charge in [-0.1, -0.05) is 16.8 Å². The number of halogens is 1. The summed E-state index contributed by atoms with van der Waals surface area (Å²) in [5, 5.41) is 21.7. The summed E-state index contributed by atoms with van der Waals surface area (Å²) in [5.74, 6) is 0.313. The quantitative estimate of drug-likeness (QED) is 0.341. The lowest BCUT2D eigenvalue weighted by Gasteiger charge is -2.34. The minimum absolute atomic E-state index is 0.0450. The molecule has 1 saturated heterocycles. The van der Waals surface area contributed by atoms with Crippen LogP contribution in [-0.4, -0.2) is 35.8 Å². The first-order chi connectivity index (χ1) is 9.15. The number of hydrogen-bond donors (Lipinski definition) is 3. The zero-order valence-electron chi connectivity index (χ0n) is 10.6. The summed E-state index contributed by atoms with van der Waals surface area (Å²) in [7, 11) is 0. The van der Waals surface area contributed by atoms with Crippen LogP contribution in [-0.2, 0) is 0 Å². The van der Waals surface area contributed by atoms with Gasteiger partial charge in [-0.3, -0.25) is 0 Å². The maximum atomic E-state index is 9.29. The van der Waals surface area contributed by atoms with Crippen LogP contribution in [0.15, 0.2) is 23.4 Å². The van der Waals surface area contributed by atoms with Gasteiger partial charge >= 0.3 is 0 Å². The topological polar surface area (TPSA) is 82.1 Å².